The number of aryl methyl sites for hydroxylation is 1. The normalized spacial score (nSPS) is 14.2. The maximum atomic E-state index is 12.8. The van der Waals surface area contributed by atoms with Crippen molar-refractivity contribution in [2.24, 2.45) is 0 Å². The minimum absolute atomic E-state index is 0.0629. The Morgan fingerprint density at radius 2 is 2.22 bits per heavy atom. The van der Waals surface area contributed by atoms with Gasteiger partial charge in [0.25, 0.3) is 10.0 Å². The van der Waals surface area contributed by atoms with Crippen LogP contribution < -0.4 is 9.04 Å². The fourth-order valence-electron chi connectivity index (χ4n) is 2.42. The van der Waals surface area contributed by atoms with Gasteiger partial charge < -0.3 is 9.84 Å². The number of aromatic carboxylic acids is 1. The summed E-state index contributed by atoms with van der Waals surface area (Å²) < 4.78 is 33.7. The second-order valence-corrected chi connectivity index (χ2v) is 6.78. The van der Waals surface area contributed by atoms with E-state index in [-0.39, 0.29) is 35.0 Å². The highest BCUT2D eigenvalue weighted by Crippen LogP contribution is 2.37. The molecule has 0 bridgehead atoms. The quantitative estimate of drug-likeness (QED) is 0.899. The number of para-hydroxylation sites is 1. The predicted octanol–water partition coefficient (Wildman–Crippen LogP) is 1.19. The van der Waals surface area contributed by atoms with Crippen molar-refractivity contribution >= 4 is 21.7 Å². The number of anilines is 1. The fourth-order valence-corrected chi connectivity index (χ4v) is 3.83. The van der Waals surface area contributed by atoms with Crippen LogP contribution in [0.2, 0.25) is 0 Å². The van der Waals surface area contributed by atoms with Crippen LogP contribution in [0.25, 0.3) is 0 Å². The van der Waals surface area contributed by atoms with Gasteiger partial charge in [-0.1, -0.05) is 6.07 Å². The summed E-state index contributed by atoms with van der Waals surface area (Å²) in [6.45, 7) is 2.60. The topological polar surface area (TPSA) is 102 Å². The SMILES string of the molecule is CCn1cc(S(=O)(=O)N2CCOc3c(C(=O)O)cccc32)cn1. The molecular formula is C14H15N3O5S. The van der Waals surface area contributed by atoms with Crippen LogP contribution in [0.15, 0.2) is 35.5 Å². The Balaban J connectivity index is 2.09. The number of aromatic nitrogens is 2. The molecular weight excluding hydrogens is 322 g/mol. The maximum absolute atomic E-state index is 12.8. The van der Waals surface area contributed by atoms with Crippen LogP contribution in [-0.2, 0) is 16.6 Å². The zero-order valence-electron chi connectivity index (χ0n) is 12.3. The summed E-state index contributed by atoms with van der Waals surface area (Å²) in [5.74, 6) is -1.10. The number of rotatable bonds is 4. The summed E-state index contributed by atoms with van der Waals surface area (Å²) in [4.78, 5) is 11.3. The molecule has 0 saturated carbocycles. The van der Waals surface area contributed by atoms with Gasteiger partial charge in [0.2, 0.25) is 0 Å². The lowest BCUT2D eigenvalue weighted by Crippen LogP contribution is -2.38. The summed E-state index contributed by atoms with van der Waals surface area (Å²) in [7, 11) is -3.83. The van der Waals surface area contributed by atoms with Crippen LogP contribution in [0.4, 0.5) is 5.69 Å². The predicted molar refractivity (Wildman–Crippen MR) is 81.3 cm³/mol. The third-order valence-electron chi connectivity index (χ3n) is 3.56. The standard InChI is InChI=1S/C14H15N3O5S/c1-2-16-9-10(8-15-16)23(20,21)17-6-7-22-13-11(14(18)19)4-3-5-12(13)17/h3-5,8-9H,2,6-7H2,1H3,(H,18,19). The molecule has 0 atom stereocenters. The number of hydrogen-bond acceptors (Lipinski definition) is 5. The Morgan fingerprint density at radius 3 is 2.87 bits per heavy atom. The minimum Gasteiger partial charge on any atom is -0.489 e. The molecule has 0 unspecified atom stereocenters. The molecule has 1 aromatic carbocycles. The Bertz CT molecular complexity index is 859. The zero-order valence-corrected chi connectivity index (χ0v) is 13.2. The van der Waals surface area contributed by atoms with E-state index < -0.39 is 16.0 Å². The molecule has 3 rings (SSSR count). The smallest absolute Gasteiger partial charge is 0.339 e. The van der Waals surface area contributed by atoms with Crippen molar-refractivity contribution in [1.82, 2.24) is 9.78 Å². The first-order valence-corrected chi connectivity index (χ1v) is 8.43. The van der Waals surface area contributed by atoms with Crippen molar-refractivity contribution < 1.29 is 23.1 Å². The number of nitrogens with zero attached hydrogens (tertiary/aromatic N) is 3. The summed E-state index contributed by atoms with van der Waals surface area (Å²) in [6.07, 6.45) is 2.74. The van der Waals surface area contributed by atoms with E-state index in [2.05, 4.69) is 5.10 Å². The van der Waals surface area contributed by atoms with Crippen molar-refractivity contribution in [3.8, 4) is 5.75 Å². The van der Waals surface area contributed by atoms with Crippen LogP contribution in [0.5, 0.6) is 5.75 Å². The molecule has 2 heterocycles. The van der Waals surface area contributed by atoms with Gasteiger partial charge in [0.1, 0.15) is 17.1 Å². The number of carboxylic acid groups (broad SMARTS) is 1. The first-order chi connectivity index (χ1) is 10.9. The number of carbonyl (C=O) groups is 1. The highest BCUT2D eigenvalue weighted by atomic mass is 32.2. The van der Waals surface area contributed by atoms with Gasteiger partial charge >= 0.3 is 5.97 Å². The summed E-state index contributed by atoms with van der Waals surface area (Å²) in [5.41, 5.74) is 0.159. The van der Waals surface area contributed by atoms with E-state index in [4.69, 9.17) is 4.74 Å². The Kier molecular flexibility index (Phi) is 3.72. The molecule has 1 aromatic heterocycles. The average Bonchev–Trinajstić information content (AvgIpc) is 3.03. The van der Waals surface area contributed by atoms with Crippen LogP contribution in [0.1, 0.15) is 17.3 Å². The van der Waals surface area contributed by atoms with Gasteiger partial charge in [-0.15, -0.1) is 0 Å². The molecule has 0 radical (unpaired) electrons. The summed E-state index contributed by atoms with van der Waals surface area (Å²) >= 11 is 0. The monoisotopic (exact) mass is 337 g/mol. The van der Waals surface area contributed by atoms with Gasteiger partial charge in [0, 0.05) is 12.7 Å². The van der Waals surface area contributed by atoms with E-state index in [1.807, 2.05) is 6.92 Å². The molecule has 0 saturated heterocycles. The van der Waals surface area contributed by atoms with Crippen LogP contribution in [0.3, 0.4) is 0 Å². The fraction of sp³-hybridized carbons (Fsp3) is 0.286. The van der Waals surface area contributed by atoms with Crippen molar-refractivity contribution in [3.63, 3.8) is 0 Å². The van der Waals surface area contributed by atoms with Crippen molar-refractivity contribution in [2.45, 2.75) is 18.4 Å². The molecule has 0 spiro atoms. The Labute approximate surface area is 133 Å². The zero-order chi connectivity index (χ0) is 16.6. The molecule has 1 aliphatic heterocycles. The molecule has 0 amide bonds. The number of carboxylic acids is 1. The van der Waals surface area contributed by atoms with Crippen molar-refractivity contribution in [3.05, 3.63) is 36.2 Å². The first kappa shape index (κ1) is 15.3. The number of fused-ring (bicyclic) bond motifs is 1. The van der Waals surface area contributed by atoms with Gasteiger partial charge in [-0.25, -0.2) is 13.2 Å². The second-order valence-electron chi connectivity index (χ2n) is 4.92. The lowest BCUT2D eigenvalue weighted by atomic mass is 10.1. The third-order valence-corrected chi connectivity index (χ3v) is 5.32. The molecule has 0 fully saturated rings. The second kappa shape index (κ2) is 5.58. The molecule has 1 N–H and O–H groups in total. The minimum atomic E-state index is -3.83. The molecule has 0 aliphatic carbocycles. The van der Waals surface area contributed by atoms with E-state index in [1.165, 1.54) is 35.3 Å². The molecule has 9 heteroatoms. The number of sulfonamides is 1. The first-order valence-electron chi connectivity index (χ1n) is 6.99. The maximum Gasteiger partial charge on any atom is 0.339 e. The van der Waals surface area contributed by atoms with Gasteiger partial charge in [-0.3, -0.25) is 8.99 Å². The third kappa shape index (κ3) is 2.52. The van der Waals surface area contributed by atoms with E-state index in [0.29, 0.717) is 6.54 Å². The summed E-state index contributed by atoms with van der Waals surface area (Å²) in [5, 5.41) is 13.2. The molecule has 122 valence electrons. The highest BCUT2D eigenvalue weighted by Gasteiger charge is 2.33. The lowest BCUT2D eigenvalue weighted by molar-refractivity contribution is 0.0692. The molecule has 2 aromatic rings. The van der Waals surface area contributed by atoms with Gasteiger partial charge in [0.15, 0.2) is 5.75 Å². The molecule has 8 nitrogen and oxygen atoms in total. The van der Waals surface area contributed by atoms with Gasteiger partial charge in [-0.2, -0.15) is 5.10 Å². The van der Waals surface area contributed by atoms with Crippen LogP contribution >= 0.6 is 0 Å². The number of ether oxygens (including phenoxy) is 1. The Hall–Kier alpha value is -2.55. The van der Waals surface area contributed by atoms with E-state index in [1.54, 1.807) is 0 Å². The van der Waals surface area contributed by atoms with Crippen LogP contribution in [-0.4, -0.2) is 42.4 Å². The molecule has 1 aliphatic rings. The van der Waals surface area contributed by atoms with Crippen LogP contribution in [0, 0.1) is 0 Å². The molecule has 23 heavy (non-hydrogen) atoms. The Morgan fingerprint density at radius 1 is 1.43 bits per heavy atom. The lowest BCUT2D eigenvalue weighted by Gasteiger charge is -2.30. The van der Waals surface area contributed by atoms with E-state index in [0.717, 1.165) is 4.31 Å². The van der Waals surface area contributed by atoms with Gasteiger partial charge in [-0.05, 0) is 19.1 Å². The number of hydrogen-bond donors (Lipinski definition) is 1. The van der Waals surface area contributed by atoms with Crippen molar-refractivity contribution in [2.75, 3.05) is 17.5 Å². The van der Waals surface area contributed by atoms with Gasteiger partial charge in [0.05, 0.1) is 18.4 Å². The highest BCUT2D eigenvalue weighted by molar-refractivity contribution is 7.92. The van der Waals surface area contributed by atoms with Crippen molar-refractivity contribution in [1.29, 1.82) is 0 Å². The van der Waals surface area contributed by atoms with E-state index >= 15 is 0 Å². The summed E-state index contributed by atoms with van der Waals surface area (Å²) in [6, 6.07) is 4.41. The number of benzene rings is 1. The largest absolute Gasteiger partial charge is 0.489 e. The average molecular weight is 337 g/mol. The van der Waals surface area contributed by atoms with E-state index in [9.17, 15) is 18.3 Å².